The summed E-state index contributed by atoms with van der Waals surface area (Å²) in [4.78, 5) is 24.7. The minimum absolute atomic E-state index is 0.0154. The van der Waals surface area contributed by atoms with Crippen molar-refractivity contribution < 1.29 is 24.5 Å². The molecule has 3 N–H and O–H groups in total. The fourth-order valence-corrected chi connectivity index (χ4v) is 11.9. The molecule has 0 saturated heterocycles. The van der Waals surface area contributed by atoms with Gasteiger partial charge < -0.3 is 20.3 Å². The minimum Gasteiger partial charge on any atom is -0.466 e. The summed E-state index contributed by atoms with van der Waals surface area (Å²) in [6, 6.07) is -0.544. The van der Waals surface area contributed by atoms with Gasteiger partial charge >= 0.3 is 5.97 Å². The number of aliphatic hydroxyl groups excluding tert-OH is 2. The first-order chi connectivity index (χ1) is 38.5. The summed E-state index contributed by atoms with van der Waals surface area (Å²) in [5.41, 5.74) is 0. The van der Waals surface area contributed by atoms with Gasteiger partial charge in [0, 0.05) is 12.8 Å². The predicted molar refractivity (Wildman–Crippen MR) is 343 cm³/mol. The highest BCUT2D eigenvalue weighted by molar-refractivity contribution is 5.76. The maximum atomic E-state index is 12.6. The molecule has 0 radical (unpaired) electrons. The standard InChI is InChI=1S/C72H143NO5/c1-3-5-7-9-11-13-15-17-19-21-23-24-25-26-27-29-32-36-40-44-48-52-56-60-64-70(75)69(68-74)73-71(76)65-61-57-53-49-45-41-37-33-30-28-31-35-39-43-47-51-55-59-63-67-78-72(77)66-62-58-54-50-46-42-38-34-22-20-18-16-14-12-10-8-6-4-2/h69-70,74-75H,3-68H2,1-2H3,(H,73,76). The third-order valence-electron chi connectivity index (χ3n) is 17.4. The van der Waals surface area contributed by atoms with Crippen LogP contribution in [0.2, 0.25) is 0 Å². The average molecular weight is 1100 g/mol. The lowest BCUT2D eigenvalue weighted by molar-refractivity contribution is -0.143. The first-order valence-electron chi connectivity index (χ1n) is 36.3. The molecule has 0 rings (SSSR count). The number of carbonyl (C=O) groups excluding carboxylic acids is 2. The first-order valence-corrected chi connectivity index (χ1v) is 36.3. The van der Waals surface area contributed by atoms with E-state index in [0.29, 0.717) is 25.9 Å². The zero-order chi connectivity index (χ0) is 56.4. The number of aliphatic hydroxyl groups is 2. The molecule has 1 amide bonds. The molecule has 0 bridgehead atoms. The monoisotopic (exact) mass is 1100 g/mol. The van der Waals surface area contributed by atoms with Crippen LogP contribution in [-0.4, -0.2) is 47.4 Å². The fraction of sp³-hybridized carbons (Fsp3) is 0.972. The second-order valence-electron chi connectivity index (χ2n) is 25.3. The molecule has 6 heteroatoms. The van der Waals surface area contributed by atoms with E-state index in [2.05, 4.69) is 19.2 Å². The second-order valence-corrected chi connectivity index (χ2v) is 25.3. The van der Waals surface area contributed by atoms with Crippen LogP contribution in [-0.2, 0) is 14.3 Å². The van der Waals surface area contributed by atoms with E-state index in [1.165, 1.54) is 353 Å². The van der Waals surface area contributed by atoms with E-state index in [1.54, 1.807) is 0 Å². The van der Waals surface area contributed by atoms with Crippen LogP contribution in [0.15, 0.2) is 0 Å². The molecule has 0 heterocycles. The van der Waals surface area contributed by atoms with Crippen LogP contribution in [0.1, 0.15) is 425 Å². The molecular formula is C72H143NO5. The molecule has 466 valence electrons. The van der Waals surface area contributed by atoms with E-state index >= 15 is 0 Å². The zero-order valence-electron chi connectivity index (χ0n) is 53.4. The van der Waals surface area contributed by atoms with Crippen molar-refractivity contribution in [3.63, 3.8) is 0 Å². The van der Waals surface area contributed by atoms with Crippen LogP contribution in [0.5, 0.6) is 0 Å². The molecule has 2 unspecified atom stereocenters. The molecule has 0 aliphatic heterocycles. The Bertz CT molecular complexity index is 1130. The van der Waals surface area contributed by atoms with Crippen molar-refractivity contribution in [2.24, 2.45) is 0 Å². The number of rotatable bonds is 69. The van der Waals surface area contributed by atoms with E-state index in [4.69, 9.17) is 4.74 Å². The number of esters is 1. The van der Waals surface area contributed by atoms with Crippen molar-refractivity contribution in [1.29, 1.82) is 0 Å². The zero-order valence-corrected chi connectivity index (χ0v) is 53.4. The van der Waals surface area contributed by atoms with E-state index < -0.39 is 12.1 Å². The van der Waals surface area contributed by atoms with Crippen LogP contribution >= 0.6 is 0 Å². The fourth-order valence-electron chi connectivity index (χ4n) is 11.9. The molecule has 78 heavy (non-hydrogen) atoms. The van der Waals surface area contributed by atoms with Crippen molar-refractivity contribution in [2.45, 2.75) is 437 Å². The van der Waals surface area contributed by atoms with Crippen molar-refractivity contribution >= 4 is 11.9 Å². The molecule has 0 aliphatic carbocycles. The summed E-state index contributed by atoms with van der Waals surface area (Å²) in [5.74, 6) is -0.0163. The van der Waals surface area contributed by atoms with Gasteiger partial charge in [0.1, 0.15) is 0 Å². The van der Waals surface area contributed by atoms with E-state index in [9.17, 15) is 19.8 Å². The lowest BCUT2D eigenvalue weighted by Crippen LogP contribution is -2.45. The van der Waals surface area contributed by atoms with Crippen molar-refractivity contribution in [2.75, 3.05) is 13.2 Å². The average Bonchev–Trinajstić information content (AvgIpc) is 3.44. The molecule has 0 aromatic rings. The summed E-state index contributed by atoms with van der Waals surface area (Å²) in [5, 5.41) is 23.4. The van der Waals surface area contributed by atoms with Gasteiger partial charge in [0.05, 0.1) is 25.4 Å². The summed E-state index contributed by atoms with van der Waals surface area (Å²) < 4.78 is 5.51. The molecule has 2 atom stereocenters. The maximum Gasteiger partial charge on any atom is 0.305 e. The molecule has 0 fully saturated rings. The Hall–Kier alpha value is -1.14. The van der Waals surface area contributed by atoms with E-state index in [1.807, 2.05) is 0 Å². The molecule has 0 aromatic carbocycles. The lowest BCUT2D eigenvalue weighted by atomic mass is 10.0. The Kier molecular flexibility index (Phi) is 67.4. The van der Waals surface area contributed by atoms with Gasteiger partial charge in [-0.1, -0.05) is 386 Å². The van der Waals surface area contributed by atoms with Gasteiger partial charge in [-0.2, -0.15) is 0 Å². The number of amides is 1. The minimum atomic E-state index is -0.667. The highest BCUT2D eigenvalue weighted by Crippen LogP contribution is 2.20. The normalized spacial score (nSPS) is 12.4. The van der Waals surface area contributed by atoms with Gasteiger partial charge in [-0.05, 0) is 25.7 Å². The third kappa shape index (κ3) is 64.0. The highest BCUT2D eigenvalue weighted by atomic mass is 16.5. The first kappa shape index (κ1) is 76.9. The summed E-state index contributed by atoms with van der Waals surface area (Å²) >= 11 is 0. The van der Waals surface area contributed by atoms with Gasteiger partial charge in [0.25, 0.3) is 0 Å². The van der Waals surface area contributed by atoms with Crippen LogP contribution < -0.4 is 5.32 Å². The largest absolute Gasteiger partial charge is 0.466 e. The SMILES string of the molecule is CCCCCCCCCCCCCCCCCCCCCCCCCCC(O)C(CO)NC(=O)CCCCCCCCCCCCCCCCCCCCCOC(=O)CCCCCCCCCCCCCCCCCCCC. The maximum absolute atomic E-state index is 12.6. The van der Waals surface area contributed by atoms with Crippen LogP contribution in [0.3, 0.4) is 0 Å². The quantitative estimate of drug-likeness (QED) is 0.0417. The number of ether oxygens (including phenoxy) is 1. The van der Waals surface area contributed by atoms with Crippen molar-refractivity contribution in [3.05, 3.63) is 0 Å². The Labute approximate surface area is 489 Å². The van der Waals surface area contributed by atoms with E-state index in [-0.39, 0.29) is 18.5 Å². The van der Waals surface area contributed by atoms with Crippen LogP contribution in [0.4, 0.5) is 0 Å². The second kappa shape index (κ2) is 68.4. The summed E-state index contributed by atoms with van der Waals surface area (Å²) in [6.07, 6.45) is 82.9. The Morgan fingerprint density at radius 1 is 0.308 bits per heavy atom. The highest BCUT2D eigenvalue weighted by Gasteiger charge is 2.20. The number of carbonyl (C=O) groups is 2. The molecular weight excluding hydrogens is 959 g/mol. The predicted octanol–water partition coefficient (Wildman–Crippen LogP) is 23.4. The number of hydrogen-bond donors (Lipinski definition) is 3. The molecule has 0 saturated carbocycles. The number of hydrogen-bond acceptors (Lipinski definition) is 5. The smallest absolute Gasteiger partial charge is 0.305 e. The number of unbranched alkanes of at least 4 members (excludes halogenated alkanes) is 58. The third-order valence-corrected chi connectivity index (χ3v) is 17.4. The lowest BCUT2D eigenvalue weighted by Gasteiger charge is -2.22. The topological polar surface area (TPSA) is 95.9 Å². The van der Waals surface area contributed by atoms with Gasteiger partial charge in [-0.25, -0.2) is 0 Å². The summed E-state index contributed by atoms with van der Waals surface area (Å²) in [6.45, 7) is 5.01. The Morgan fingerprint density at radius 3 is 0.782 bits per heavy atom. The van der Waals surface area contributed by atoms with Gasteiger partial charge in [0.15, 0.2) is 0 Å². The molecule has 0 aromatic heterocycles. The molecule has 0 spiro atoms. The van der Waals surface area contributed by atoms with Crippen LogP contribution in [0.25, 0.3) is 0 Å². The van der Waals surface area contributed by atoms with Crippen LogP contribution in [0, 0.1) is 0 Å². The van der Waals surface area contributed by atoms with E-state index in [0.717, 1.165) is 38.5 Å². The summed E-state index contributed by atoms with van der Waals surface area (Å²) in [7, 11) is 0. The van der Waals surface area contributed by atoms with Gasteiger partial charge in [0.2, 0.25) is 5.91 Å². The molecule has 0 aliphatic rings. The molecule has 6 nitrogen and oxygen atoms in total. The number of nitrogens with one attached hydrogen (secondary N) is 1. The van der Waals surface area contributed by atoms with Gasteiger partial charge in [-0.15, -0.1) is 0 Å². The van der Waals surface area contributed by atoms with Gasteiger partial charge in [-0.3, -0.25) is 9.59 Å². The Morgan fingerprint density at radius 2 is 0.526 bits per heavy atom. The van der Waals surface area contributed by atoms with Crippen molar-refractivity contribution in [3.8, 4) is 0 Å². The van der Waals surface area contributed by atoms with Crippen molar-refractivity contribution in [1.82, 2.24) is 5.32 Å². The Balaban J connectivity index is 3.37.